The van der Waals surface area contributed by atoms with Gasteiger partial charge in [-0.05, 0) is 43.2 Å². The number of amides is 1. The molecule has 150 valence electrons. The van der Waals surface area contributed by atoms with E-state index in [4.69, 9.17) is 10.1 Å². The van der Waals surface area contributed by atoms with Gasteiger partial charge in [0.2, 0.25) is 5.95 Å². The maximum Gasteiger partial charge on any atom is 0.264 e. The molecule has 1 aliphatic carbocycles. The Morgan fingerprint density at radius 2 is 1.90 bits per heavy atom. The Morgan fingerprint density at radius 3 is 2.62 bits per heavy atom. The van der Waals surface area contributed by atoms with Crippen LogP contribution in [-0.2, 0) is 21.3 Å². The molecule has 5 N–H and O–H groups in total. The lowest BCUT2D eigenvalue weighted by molar-refractivity contribution is -0.131. The summed E-state index contributed by atoms with van der Waals surface area (Å²) in [6.07, 6.45) is 6.50. The van der Waals surface area contributed by atoms with Crippen LogP contribution in [0.3, 0.4) is 0 Å². The number of anilines is 3. The van der Waals surface area contributed by atoms with Crippen molar-refractivity contribution in [2.45, 2.75) is 42.5 Å². The molecule has 3 heterocycles. The van der Waals surface area contributed by atoms with Crippen LogP contribution in [0, 0.1) is 0 Å². The van der Waals surface area contributed by atoms with Crippen molar-refractivity contribution in [2.24, 2.45) is 5.14 Å². The fourth-order valence-corrected chi connectivity index (χ4v) is 4.71. The molecule has 3 aromatic rings. The zero-order valence-corrected chi connectivity index (χ0v) is 16.5. The summed E-state index contributed by atoms with van der Waals surface area (Å²) in [5, 5.41) is 9.43. The minimum atomic E-state index is -1.52. The second-order valence-electron chi connectivity index (χ2n) is 7.46. The second kappa shape index (κ2) is 6.82. The van der Waals surface area contributed by atoms with Gasteiger partial charge in [0.25, 0.3) is 5.91 Å². The van der Waals surface area contributed by atoms with Gasteiger partial charge in [0.1, 0.15) is 28.0 Å². The molecule has 1 atom stereocenters. The van der Waals surface area contributed by atoms with Gasteiger partial charge in [0.15, 0.2) is 0 Å². The van der Waals surface area contributed by atoms with Crippen molar-refractivity contribution < 1.29 is 9.00 Å². The smallest absolute Gasteiger partial charge is 0.264 e. The number of aromatic nitrogens is 3. The number of hydrazine groups is 1. The first-order valence-electron chi connectivity index (χ1n) is 9.55. The van der Waals surface area contributed by atoms with Crippen molar-refractivity contribution in [3.8, 4) is 0 Å². The molecule has 2 aliphatic rings. The highest BCUT2D eigenvalue weighted by molar-refractivity contribution is 7.82. The van der Waals surface area contributed by atoms with Crippen molar-refractivity contribution in [1.82, 2.24) is 20.0 Å². The number of nitrogens with one attached hydrogen (secondary N) is 3. The minimum Gasteiger partial charge on any atom is -0.324 e. The van der Waals surface area contributed by atoms with Gasteiger partial charge in [-0.3, -0.25) is 20.2 Å². The van der Waals surface area contributed by atoms with Gasteiger partial charge in [-0.2, -0.15) is 4.98 Å². The Morgan fingerprint density at radius 1 is 1.14 bits per heavy atom. The Kier molecular flexibility index (Phi) is 4.25. The summed E-state index contributed by atoms with van der Waals surface area (Å²) in [6.45, 7) is 0. The molecular weight excluding hydrogens is 390 g/mol. The normalized spacial score (nSPS) is 18.7. The van der Waals surface area contributed by atoms with E-state index in [1.54, 1.807) is 30.5 Å². The van der Waals surface area contributed by atoms with Crippen LogP contribution in [0.25, 0.3) is 11.0 Å². The Balaban J connectivity index is 1.55. The lowest BCUT2D eigenvalue weighted by atomic mass is 9.80. The summed E-state index contributed by atoms with van der Waals surface area (Å²) in [5.74, 6) is 1.24. The van der Waals surface area contributed by atoms with Crippen molar-refractivity contribution in [2.75, 3.05) is 10.7 Å². The number of carbonyl (C=O) groups is 1. The molecule has 0 saturated heterocycles. The van der Waals surface area contributed by atoms with E-state index < -0.39 is 16.5 Å². The maximum absolute atomic E-state index is 12.8. The molecule has 29 heavy (non-hydrogen) atoms. The van der Waals surface area contributed by atoms with Crippen molar-refractivity contribution >= 4 is 45.4 Å². The van der Waals surface area contributed by atoms with Gasteiger partial charge in [-0.25, -0.2) is 14.3 Å². The molecule has 1 fully saturated rings. The number of rotatable bonds is 3. The third kappa shape index (κ3) is 2.95. The molecule has 1 aliphatic heterocycles. The predicted molar refractivity (Wildman–Crippen MR) is 111 cm³/mol. The topological polar surface area (TPSA) is 127 Å². The first kappa shape index (κ1) is 18.1. The number of benzene rings is 1. The molecule has 1 unspecified atom stereocenters. The highest BCUT2D eigenvalue weighted by atomic mass is 32.2. The van der Waals surface area contributed by atoms with Crippen LogP contribution >= 0.6 is 0 Å². The average molecular weight is 411 g/mol. The van der Waals surface area contributed by atoms with E-state index in [1.807, 2.05) is 10.6 Å². The summed E-state index contributed by atoms with van der Waals surface area (Å²) in [6, 6.07) is 8.90. The molecule has 10 heteroatoms. The molecule has 9 nitrogen and oxygen atoms in total. The third-order valence-electron chi connectivity index (χ3n) is 5.72. The monoisotopic (exact) mass is 411 g/mol. The van der Waals surface area contributed by atoms with Crippen LogP contribution in [0.15, 0.2) is 41.4 Å². The number of fused-ring (bicyclic) bond motifs is 4. The summed E-state index contributed by atoms with van der Waals surface area (Å²) in [7, 11) is -1.52. The first-order chi connectivity index (χ1) is 14.1. The molecule has 0 radical (unpaired) electrons. The van der Waals surface area contributed by atoms with Crippen LogP contribution in [0.4, 0.5) is 17.5 Å². The third-order valence-corrected chi connectivity index (χ3v) is 6.46. The van der Waals surface area contributed by atoms with Crippen LogP contribution in [0.5, 0.6) is 0 Å². The highest BCUT2D eigenvalue weighted by Crippen LogP contribution is 2.42. The van der Waals surface area contributed by atoms with Gasteiger partial charge < -0.3 is 5.32 Å². The van der Waals surface area contributed by atoms with E-state index in [2.05, 4.69) is 21.2 Å². The van der Waals surface area contributed by atoms with Crippen LogP contribution in [-0.4, -0.2) is 24.7 Å². The van der Waals surface area contributed by atoms with Gasteiger partial charge >= 0.3 is 0 Å². The van der Waals surface area contributed by atoms with E-state index in [1.165, 1.54) is 0 Å². The quantitative estimate of drug-likeness (QED) is 0.524. The lowest BCUT2D eigenvalue weighted by Gasteiger charge is -2.41. The van der Waals surface area contributed by atoms with Crippen LogP contribution in [0.1, 0.15) is 32.1 Å². The summed E-state index contributed by atoms with van der Waals surface area (Å²) < 4.78 is 13.4. The number of hydrogen-bond acceptors (Lipinski definition) is 6. The van der Waals surface area contributed by atoms with Crippen LogP contribution < -0.4 is 21.3 Å². The van der Waals surface area contributed by atoms with Crippen molar-refractivity contribution in [3.63, 3.8) is 0 Å². The van der Waals surface area contributed by atoms with Gasteiger partial charge in [0, 0.05) is 17.3 Å². The SMILES string of the molecule is NS(=O)c1ccc(Nc2ncc3cc4n(c3n2)C2(CCCCC2)C(=O)NN4)cc1. The van der Waals surface area contributed by atoms with E-state index in [0.29, 0.717) is 10.8 Å². The highest BCUT2D eigenvalue weighted by Gasteiger charge is 2.46. The zero-order valence-electron chi connectivity index (χ0n) is 15.6. The molecule has 0 bridgehead atoms. The molecular formula is C19H21N7O2S. The second-order valence-corrected chi connectivity index (χ2v) is 8.52. The fourth-order valence-electron chi connectivity index (χ4n) is 4.30. The van der Waals surface area contributed by atoms with Gasteiger partial charge in [0.05, 0.1) is 4.90 Å². The summed E-state index contributed by atoms with van der Waals surface area (Å²) >= 11 is 0. The Bertz CT molecular complexity index is 1120. The van der Waals surface area contributed by atoms with E-state index >= 15 is 0 Å². The maximum atomic E-state index is 12.8. The number of nitrogens with two attached hydrogens (primary N) is 1. The van der Waals surface area contributed by atoms with Gasteiger partial charge in [-0.1, -0.05) is 19.3 Å². The molecule has 1 amide bonds. The average Bonchev–Trinajstić information content (AvgIpc) is 3.11. The van der Waals surface area contributed by atoms with Crippen molar-refractivity contribution in [3.05, 3.63) is 36.5 Å². The molecule has 5 rings (SSSR count). The summed E-state index contributed by atoms with van der Waals surface area (Å²) in [5.41, 5.74) is 6.68. The van der Waals surface area contributed by atoms with E-state index in [0.717, 1.165) is 54.6 Å². The molecule has 1 aromatic carbocycles. The standard InChI is InChI=1S/C19H21N7O2S/c20-29(28)14-6-4-13(5-7-14)22-18-21-11-12-10-15-24-25-17(27)19(8-2-1-3-9-19)26(15)16(12)23-18/h4-7,10-11,24H,1-3,8-9,20H2,(H,25,27)(H,21,22,23). The van der Waals surface area contributed by atoms with Crippen molar-refractivity contribution in [1.29, 1.82) is 0 Å². The van der Waals surface area contributed by atoms with E-state index in [9.17, 15) is 9.00 Å². The van der Waals surface area contributed by atoms with E-state index in [-0.39, 0.29) is 5.91 Å². The zero-order chi connectivity index (χ0) is 20.0. The summed E-state index contributed by atoms with van der Waals surface area (Å²) in [4.78, 5) is 22.5. The predicted octanol–water partition coefficient (Wildman–Crippen LogP) is 2.27. The molecule has 2 aromatic heterocycles. The Labute approximate surface area is 169 Å². The molecule has 1 spiro atoms. The molecule has 1 saturated carbocycles. The lowest BCUT2D eigenvalue weighted by Crippen LogP contribution is -2.55. The first-order valence-corrected chi connectivity index (χ1v) is 10.8. The number of carbonyl (C=O) groups excluding carboxylic acids is 1. The van der Waals surface area contributed by atoms with Crippen LogP contribution in [0.2, 0.25) is 0 Å². The Hall–Kier alpha value is -2.98. The fraction of sp³-hybridized carbons (Fsp3) is 0.316. The minimum absolute atomic E-state index is 0.0132. The number of hydrogen-bond donors (Lipinski definition) is 4. The van der Waals surface area contributed by atoms with Gasteiger partial charge in [-0.15, -0.1) is 0 Å². The number of nitrogens with zero attached hydrogens (tertiary/aromatic N) is 3. The largest absolute Gasteiger partial charge is 0.324 e.